The lowest BCUT2D eigenvalue weighted by Gasteiger charge is -2.57. The van der Waals surface area contributed by atoms with Gasteiger partial charge >= 0.3 is 0 Å². The second-order valence-corrected chi connectivity index (χ2v) is 8.94. The van der Waals surface area contributed by atoms with E-state index in [0.717, 1.165) is 32.1 Å². The molecule has 0 radical (unpaired) electrons. The largest absolute Gasteiger partial charge is 0.381 e. The van der Waals surface area contributed by atoms with Crippen molar-refractivity contribution in [3.8, 4) is 0 Å². The summed E-state index contributed by atoms with van der Waals surface area (Å²) in [5.41, 5.74) is -0.868. The van der Waals surface area contributed by atoms with E-state index in [1.807, 2.05) is 13.0 Å². The predicted octanol–water partition coefficient (Wildman–Crippen LogP) is 2.79. The summed E-state index contributed by atoms with van der Waals surface area (Å²) in [5, 5.41) is 11.1. The number of aldehydes is 1. The number of carbonyl (C=O) groups excluding carboxylic acids is 3. The molecule has 1 N–H and O–H groups in total. The van der Waals surface area contributed by atoms with Crippen molar-refractivity contribution >= 4 is 17.9 Å². The molecule has 4 heteroatoms. The number of allylic oxidation sites excluding steroid dienone is 4. The third-order valence-electron chi connectivity index (χ3n) is 8.22. The van der Waals surface area contributed by atoms with E-state index in [-0.39, 0.29) is 17.1 Å². The Balaban J connectivity index is 1.70. The maximum absolute atomic E-state index is 12.2. The van der Waals surface area contributed by atoms with E-state index in [9.17, 15) is 19.5 Å². The van der Waals surface area contributed by atoms with Gasteiger partial charge < -0.3 is 5.11 Å². The van der Waals surface area contributed by atoms with E-state index in [2.05, 4.69) is 13.0 Å². The van der Waals surface area contributed by atoms with Crippen LogP contribution in [0.25, 0.3) is 0 Å². The molecule has 0 heterocycles. The van der Waals surface area contributed by atoms with Crippen molar-refractivity contribution in [3.05, 3.63) is 23.8 Å². The fraction of sp³-hybridized carbons (Fsp3) is 0.667. The van der Waals surface area contributed by atoms with Crippen LogP contribution in [-0.2, 0) is 14.4 Å². The highest BCUT2D eigenvalue weighted by Crippen LogP contribution is 2.66. The van der Waals surface area contributed by atoms with Gasteiger partial charge in [-0.05, 0) is 68.4 Å². The molecule has 4 nitrogen and oxygen atoms in total. The highest BCUT2D eigenvalue weighted by molar-refractivity contribution is 6.29. The molecule has 25 heavy (non-hydrogen) atoms. The van der Waals surface area contributed by atoms with Gasteiger partial charge in [0.15, 0.2) is 12.1 Å². The molecule has 0 bridgehead atoms. The molecule has 6 atom stereocenters. The molecule has 0 aromatic rings. The number of hydrogen-bond acceptors (Lipinski definition) is 4. The Morgan fingerprint density at radius 2 is 1.92 bits per heavy atom. The zero-order valence-corrected chi connectivity index (χ0v) is 15.0. The van der Waals surface area contributed by atoms with E-state index < -0.39 is 16.8 Å². The highest BCUT2D eigenvalue weighted by atomic mass is 16.3. The summed E-state index contributed by atoms with van der Waals surface area (Å²) in [7, 11) is 0. The summed E-state index contributed by atoms with van der Waals surface area (Å²) in [6.07, 6.45) is 10.6. The zero-order valence-electron chi connectivity index (χ0n) is 15.0. The van der Waals surface area contributed by atoms with Crippen molar-refractivity contribution in [1.82, 2.24) is 0 Å². The van der Waals surface area contributed by atoms with Gasteiger partial charge in [0, 0.05) is 10.8 Å². The van der Waals surface area contributed by atoms with Crippen molar-refractivity contribution in [2.45, 2.75) is 58.0 Å². The molecule has 0 aromatic carbocycles. The SMILES string of the molecule is C[C@]12C=CC(=O)C=C1CC[C@@H]1[C@H]2CC[C@@]2(C)[C@@H]1CC[C@@]2(O)C(=O)C=O. The average Bonchev–Trinajstić information content (AvgIpc) is 2.87. The second-order valence-electron chi connectivity index (χ2n) is 8.94. The van der Waals surface area contributed by atoms with Crippen LogP contribution >= 0.6 is 0 Å². The Labute approximate surface area is 148 Å². The summed E-state index contributed by atoms with van der Waals surface area (Å²) in [4.78, 5) is 35.1. The van der Waals surface area contributed by atoms with E-state index in [1.54, 1.807) is 6.08 Å². The Morgan fingerprint density at radius 1 is 1.20 bits per heavy atom. The molecule has 134 valence electrons. The van der Waals surface area contributed by atoms with Gasteiger partial charge in [-0.1, -0.05) is 25.5 Å². The van der Waals surface area contributed by atoms with Gasteiger partial charge in [0.2, 0.25) is 5.78 Å². The minimum absolute atomic E-state index is 0.0818. The number of hydrogen-bond donors (Lipinski definition) is 1. The maximum atomic E-state index is 12.2. The number of ketones is 2. The Kier molecular flexibility index (Phi) is 3.53. The van der Waals surface area contributed by atoms with Crippen LogP contribution in [-0.4, -0.2) is 28.6 Å². The first-order chi connectivity index (χ1) is 11.8. The van der Waals surface area contributed by atoms with E-state index in [0.29, 0.717) is 24.5 Å². The molecular weight excluding hydrogens is 316 g/mol. The molecule has 0 spiro atoms. The fourth-order valence-corrected chi connectivity index (χ4v) is 6.72. The maximum Gasteiger partial charge on any atom is 0.227 e. The van der Waals surface area contributed by atoms with Crippen LogP contribution in [0.4, 0.5) is 0 Å². The lowest BCUT2D eigenvalue weighted by atomic mass is 9.47. The van der Waals surface area contributed by atoms with Gasteiger partial charge in [-0.15, -0.1) is 0 Å². The minimum Gasteiger partial charge on any atom is -0.381 e. The van der Waals surface area contributed by atoms with E-state index in [1.165, 1.54) is 5.57 Å². The third-order valence-corrected chi connectivity index (χ3v) is 8.22. The molecule has 0 amide bonds. The molecule has 0 aliphatic heterocycles. The van der Waals surface area contributed by atoms with Gasteiger partial charge in [0.1, 0.15) is 5.60 Å². The molecule has 3 saturated carbocycles. The lowest BCUT2D eigenvalue weighted by Crippen LogP contribution is -2.57. The number of rotatable bonds is 2. The van der Waals surface area contributed by atoms with Crippen molar-refractivity contribution in [2.75, 3.05) is 0 Å². The van der Waals surface area contributed by atoms with Gasteiger partial charge in [0.25, 0.3) is 0 Å². The minimum atomic E-state index is -1.50. The highest BCUT2D eigenvalue weighted by Gasteiger charge is 2.65. The van der Waals surface area contributed by atoms with Crippen LogP contribution in [0.1, 0.15) is 52.4 Å². The first kappa shape index (κ1) is 16.9. The van der Waals surface area contributed by atoms with Crippen molar-refractivity contribution in [2.24, 2.45) is 28.6 Å². The molecule has 3 fully saturated rings. The Morgan fingerprint density at radius 3 is 2.64 bits per heavy atom. The molecule has 0 unspecified atom stereocenters. The van der Waals surface area contributed by atoms with Crippen molar-refractivity contribution in [1.29, 1.82) is 0 Å². The molecule has 4 aliphatic carbocycles. The van der Waals surface area contributed by atoms with Gasteiger partial charge in [0.05, 0.1) is 0 Å². The van der Waals surface area contributed by atoms with E-state index >= 15 is 0 Å². The molecule has 0 saturated heterocycles. The molecule has 0 aromatic heterocycles. The van der Waals surface area contributed by atoms with Crippen LogP contribution < -0.4 is 0 Å². The third kappa shape index (κ3) is 2.00. The topological polar surface area (TPSA) is 71.4 Å². The van der Waals surface area contributed by atoms with Crippen molar-refractivity contribution < 1.29 is 19.5 Å². The van der Waals surface area contributed by atoms with Crippen LogP contribution in [0.3, 0.4) is 0 Å². The normalized spacial score (nSPS) is 48.2. The summed E-state index contributed by atoms with van der Waals surface area (Å²) in [5.74, 6) is 0.542. The van der Waals surface area contributed by atoms with Crippen LogP contribution in [0.15, 0.2) is 23.8 Å². The van der Waals surface area contributed by atoms with Gasteiger partial charge in [-0.2, -0.15) is 0 Å². The predicted molar refractivity (Wildman–Crippen MR) is 92.6 cm³/mol. The monoisotopic (exact) mass is 342 g/mol. The van der Waals surface area contributed by atoms with Crippen molar-refractivity contribution in [3.63, 3.8) is 0 Å². The van der Waals surface area contributed by atoms with Crippen LogP contribution in [0.5, 0.6) is 0 Å². The fourth-order valence-electron chi connectivity index (χ4n) is 6.72. The number of fused-ring (bicyclic) bond motifs is 5. The Hall–Kier alpha value is -1.55. The summed E-state index contributed by atoms with van der Waals surface area (Å²) < 4.78 is 0. The Bertz CT molecular complexity index is 719. The molecule has 4 aliphatic rings. The molecule has 4 rings (SSSR count). The first-order valence-corrected chi connectivity index (χ1v) is 9.42. The van der Waals surface area contributed by atoms with Crippen LogP contribution in [0.2, 0.25) is 0 Å². The first-order valence-electron chi connectivity index (χ1n) is 9.42. The number of Topliss-reactive ketones (excluding diaryl/α,β-unsaturated/α-hetero) is 1. The standard InChI is InChI=1S/C21H26O4/c1-19-8-5-14(23)11-13(19)3-4-15-16(19)6-9-20(2)17(15)7-10-21(20,25)18(24)12-22/h5,8,11-12,15-17,25H,3-4,6-7,9-10H2,1-2H3/t15-,16-,17-,19+,20+,21-/m1/s1. The molecular formula is C21H26O4. The summed E-state index contributed by atoms with van der Waals surface area (Å²) in [6, 6.07) is 0. The number of aliphatic hydroxyl groups is 1. The lowest BCUT2D eigenvalue weighted by molar-refractivity contribution is -0.162. The second kappa shape index (κ2) is 5.23. The van der Waals surface area contributed by atoms with E-state index in [4.69, 9.17) is 0 Å². The smallest absolute Gasteiger partial charge is 0.227 e. The summed E-state index contributed by atoms with van der Waals surface area (Å²) in [6.45, 7) is 4.25. The quantitative estimate of drug-likeness (QED) is 0.619. The summed E-state index contributed by atoms with van der Waals surface area (Å²) >= 11 is 0. The van der Waals surface area contributed by atoms with Gasteiger partial charge in [-0.3, -0.25) is 14.4 Å². The average molecular weight is 342 g/mol. The number of carbonyl (C=O) groups is 3. The zero-order chi connectivity index (χ0) is 18.0. The van der Waals surface area contributed by atoms with Crippen LogP contribution in [0, 0.1) is 28.6 Å². The van der Waals surface area contributed by atoms with Gasteiger partial charge in [-0.25, -0.2) is 0 Å².